The van der Waals surface area contributed by atoms with Gasteiger partial charge >= 0.3 is 31.5 Å². The van der Waals surface area contributed by atoms with E-state index in [4.69, 9.17) is 0 Å². The summed E-state index contributed by atoms with van der Waals surface area (Å²) in [5, 5.41) is 1.56. The summed E-state index contributed by atoms with van der Waals surface area (Å²) < 4.78 is 1.21. The van der Waals surface area contributed by atoms with Crippen molar-refractivity contribution in [3.63, 3.8) is 0 Å². The van der Waals surface area contributed by atoms with Crippen LogP contribution in [0.4, 0.5) is 0 Å². The fourth-order valence-corrected chi connectivity index (χ4v) is 4.83. The van der Waals surface area contributed by atoms with Crippen LogP contribution >= 0.6 is 32.7 Å². The minimum atomic E-state index is 0. The van der Waals surface area contributed by atoms with Crippen LogP contribution in [0.3, 0.4) is 0 Å². The third-order valence-electron chi connectivity index (χ3n) is 3.86. The second-order valence-electron chi connectivity index (χ2n) is 5.75. The monoisotopic (exact) mass is 548 g/mol. The van der Waals surface area contributed by atoms with E-state index in [0.717, 1.165) is 29.1 Å². The summed E-state index contributed by atoms with van der Waals surface area (Å²) in [6.07, 6.45) is 12.4. The number of fused-ring (bicyclic) bond motifs is 2. The fraction of sp³-hybridized carbons (Fsp3) is 0.263. The van der Waals surface area contributed by atoms with Gasteiger partial charge in [-0.2, -0.15) is 17.7 Å². The van der Waals surface area contributed by atoms with E-state index in [1.807, 2.05) is 12.1 Å². The average molecular weight is 551 g/mol. The molecule has 1 unspecified atom stereocenters. The molecule has 0 radical (unpaired) electrons. The van der Waals surface area contributed by atoms with Crippen molar-refractivity contribution in [3.05, 3.63) is 74.1 Å². The van der Waals surface area contributed by atoms with Crippen LogP contribution in [0.2, 0.25) is 0 Å². The van der Waals surface area contributed by atoms with Gasteiger partial charge in [0, 0.05) is 0 Å². The van der Waals surface area contributed by atoms with Gasteiger partial charge < -0.3 is 24.8 Å². The van der Waals surface area contributed by atoms with Crippen LogP contribution < -0.4 is 24.8 Å². The molecule has 1 aromatic rings. The Morgan fingerprint density at radius 2 is 1.84 bits per heavy atom. The van der Waals surface area contributed by atoms with Crippen molar-refractivity contribution in [1.82, 2.24) is 0 Å². The normalized spacial score (nSPS) is 18.4. The Bertz CT molecular complexity index is 741. The van der Waals surface area contributed by atoms with E-state index >= 15 is 0 Å². The quantitative estimate of drug-likeness (QED) is 0.336. The summed E-state index contributed by atoms with van der Waals surface area (Å²) in [5.74, 6) is 0. The second kappa shape index (κ2) is 12.3. The molecular formula is C19H18BrCl2PSZr-2. The third kappa shape index (κ3) is 6.71. The van der Waals surface area contributed by atoms with Crippen LogP contribution in [0, 0.1) is 12.1 Å². The molecule has 0 N–H and O–H groups in total. The molecule has 3 aliphatic rings. The molecule has 25 heavy (non-hydrogen) atoms. The first-order valence-electron chi connectivity index (χ1n) is 7.33. The molecule has 0 saturated heterocycles. The van der Waals surface area contributed by atoms with Crippen LogP contribution in [-0.4, -0.2) is 12.8 Å². The van der Waals surface area contributed by atoms with E-state index in [1.165, 1.54) is 38.5 Å². The van der Waals surface area contributed by atoms with Gasteiger partial charge in [0.05, 0.1) is 0 Å². The zero-order chi connectivity index (χ0) is 17.0. The zero-order valence-corrected chi connectivity index (χ0v) is 21.6. The first-order chi connectivity index (χ1) is 11.0. The number of hydrogen-bond donors (Lipinski definition) is 0. The molecule has 0 amide bonds. The van der Waals surface area contributed by atoms with Gasteiger partial charge in [-0.25, -0.2) is 0 Å². The van der Waals surface area contributed by atoms with Crippen LogP contribution in [0.15, 0.2) is 50.8 Å². The van der Waals surface area contributed by atoms with Gasteiger partial charge in [-0.15, -0.1) is 65.9 Å². The molecular weight excluding hydrogens is 533 g/mol. The van der Waals surface area contributed by atoms with Gasteiger partial charge in [0.2, 0.25) is 0 Å². The molecule has 1 aromatic carbocycles. The Balaban J connectivity index is 0.000000392. The van der Waals surface area contributed by atoms with Crippen molar-refractivity contribution in [1.29, 1.82) is 0 Å². The molecule has 132 valence electrons. The summed E-state index contributed by atoms with van der Waals surface area (Å²) in [6, 6.07) is 7.22. The number of halogens is 3. The Kier molecular flexibility index (Phi) is 12.7. The predicted molar refractivity (Wildman–Crippen MR) is 104 cm³/mol. The van der Waals surface area contributed by atoms with Gasteiger partial charge in [0.25, 0.3) is 0 Å². The van der Waals surface area contributed by atoms with E-state index in [9.17, 15) is 0 Å². The van der Waals surface area contributed by atoms with Crippen LogP contribution in [0.5, 0.6) is 0 Å². The summed E-state index contributed by atoms with van der Waals surface area (Å²) in [4.78, 5) is 0. The Morgan fingerprint density at radius 1 is 1.16 bits per heavy atom. The standard InChI is InChI=1S/C10H8Br.C9H10P.2ClH.S.Zr/c1-7-5-8-3-2-4-10(11)9(8)6-7;1-7-5-8-3-4-10(2)9(8)6-7;;;;/h2,4-5H,6H2,1H3;5-6H,4H2,1-2H3;2*1H;;/q2*-1;;;;+2/p-2. The number of benzene rings is 1. The summed E-state index contributed by atoms with van der Waals surface area (Å²) in [5.41, 5.74) is 6.82. The van der Waals surface area contributed by atoms with Gasteiger partial charge in [-0.3, -0.25) is 0 Å². The van der Waals surface area contributed by atoms with E-state index in [1.54, 1.807) is 5.31 Å². The predicted octanol–water partition coefficient (Wildman–Crippen LogP) is 0.547. The van der Waals surface area contributed by atoms with E-state index in [2.05, 4.69) is 75.7 Å². The summed E-state index contributed by atoms with van der Waals surface area (Å²) in [7, 11) is 4.30. The van der Waals surface area contributed by atoms with Crippen molar-refractivity contribution in [2.75, 3.05) is 12.8 Å². The van der Waals surface area contributed by atoms with Gasteiger partial charge in [-0.05, 0) is 6.42 Å². The van der Waals surface area contributed by atoms with Gasteiger partial charge in [0.15, 0.2) is 0 Å². The summed E-state index contributed by atoms with van der Waals surface area (Å²) >= 11 is 4.65. The zero-order valence-electron chi connectivity index (χ0n) is 14.3. The van der Waals surface area contributed by atoms with Gasteiger partial charge in [-0.1, -0.05) is 47.1 Å². The molecule has 0 saturated carbocycles. The molecule has 1 aliphatic heterocycles. The molecule has 0 spiro atoms. The Labute approximate surface area is 191 Å². The van der Waals surface area contributed by atoms with Crippen LogP contribution in [0.25, 0.3) is 6.08 Å². The van der Waals surface area contributed by atoms with Crippen LogP contribution in [-0.2, 0) is 29.1 Å². The number of rotatable bonds is 0. The van der Waals surface area contributed by atoms with E-state index in [-0.39, 0.29) is 32.7 Å². The molecule has 1 heterocycles. The van der Waals surface area contributed by atoms with Crippen molar-refractivity contribution < 1.29 is 47.5 Å². The van der Waals surface area contributed by atoms with Crippen molar-refractivity contribution in [3.8, 4) is 0 Å². The number of hydrogen-bond acceptors (Lipinski definition) is 1. The fourth-order valence-electron chi connectivity index (χ4n) is 2.79. The molecule has 1 atom stereocenters. The molecule has 0 bridgehead atoms. The topological polar surface area (TPSA) is 0 Å². The molecule has 6 heteroatoms. The molecule has 0 fully saturated rings. The van der Waals surface area contributed by atoms with Crippen molar-refractivity contribution >= 4 is 38.8 Å². The molecule has 0 nitrogen and oxygen atoms in total. The Hall–Kier alpha value is 0.773. The van der Waals surface area contributed by atoms with Crippen molar-refractivity contribution in [2.24, 2.45) is 0 Å². The minimum absolute atomic E-state index is 0. The second-order valence-corrected chi connectivity index (χ2v) is 8.80. The Morgan fingerprint density at radius 3 is 2.44 bits per heavy atom. The van der Waals surface area contributed by atoms with E-state index in [0.29, 0.717) is 0 Å². The molecule has 0 aromatic heterocycles. The van der Waals surface area contributed by atoms with Crippen molar-refractivity contribution in [2.45, 2.75) is 20.3 Å². The maximum absolute atomic E-state index is 4.17. The number of allylic oxidation sites excluding steroid dienone is 7. The maximum atomic E-state index is 4.17. The SMILES string of the molecule is CC1=CC2=[C-]CP(C)C2=C1.CC1=Cc2[c-]ccc(Br)c2C1.[Cl-].[Cl-].[S]=[Zr+2]. The first kappa shape index (κ1) is 25.8. The summed E-state index contributed by atoms with van der Waals surface area (Å²) in [6.45, 7) is 6.64. The average Bonchev–Trinajstić information content (AvgIpc) is 3.19. The first-order valence-corrected chi connectivity index (χ1v) is 13.5. The molecule has 4 rings (SSSR count). The van der Waals surface area contributed by atoms with Gasteiger partial charge in [0.1, 0.15) is 0 Å². The van der Waals surface area contributed by atoms with E-state index < -0.39 is 0 Å². The molecule has 2 aliphatic carbocycles. The van der Waals surface area contributed by atoms with Crippen LogP contribution in [0.1, 0.15) is 25.0 Å². The third-order valence-corrected chi connectivity index (χ3v) is 6.43.